The van der Waals surface area contributed by atoms with Crippen LogP contribution in [0.3, 0.4) is 0 Å². The van der Waals surface area contributed by atoms with E-state index in [1.165, 1.54) is 0 Å². The van der Waals surface area contributed by atoms with Crippen LogP contribution in [0.15, 0.2) is 0 Å². The molecule has 1 fully saturated rings. The third-order valence-electron chi connectivity index (χ3n) is 2.92. The normalized spacial score (nSPS) is 33.0. The minimum atomic E-state index is -4.02. The molecule has 0 aromatic carbocycles. The molecule has 1 nitrogen and oxygen atoms in total. The highest BCUT2D eigenvalue weighted by Crippen LogP contribution is 2.40. The first-order valence-electron chi connectivity index (χ1n) is 4.73. The number of nitrogens with two attached hydrogens (primary N) is 1. The van der Waals surface area contributed by atoms with Crippen LogP contribution in [0.25, 0.3) is 0 Å². The van der Waals surface area contributed by atoms with Gasteiger partial charge in [-0.1, -0.05) is 6.42 Å². The zero-order valence-corrected chi connectivity index (χ0v) is 7.77. The third-order valence-corrected chi connectivity index (χ3v) is 2.92. The SMILES string of the molecule is CC(N)C1CCCC(C(F)(F)F)C1. The van der Waals surface area contributed by atoms with E-state index in [1.54, 1.807) is 6.92 Å². The monoisotopic (exact) mass is 195 g/mol. The zero-order valence-electron chi connectivity index (χ0n) is 7.77. The Morgan fingerprint density at radius 1 is 1.31 bits per heavy atom. The Balaban J connectivity index is 2.52. The van der Waals surface area contributed by atoms with E-state index in [0.717, 1.165) is 6.42 Å². The maximum absolute atomic E-state index is 12.3. The quantitative estimate of drug-likeness (QED) is 0.684. The van der Waals surface area contributed by atoms with E-state index in [1.807, 2.05) is 0 Å². The fourth-order valence-electron chi connectivity index (χ4n) is 2.00. The van der Waals surface area contributed by atoms with Crippen molar-refractivity contribution in [3.05, 3.63) is 0 Å². The van der Waals surface area contributed by atoms with E-state index in [0.29, 0.717) is 6.42 Å². The fourth-order valence-corrected chi connectivity index (χ4v) is 2.00. The van der Waals surface area contributed by atoms with E-state index in [-0.39, 0.29) is 24.8 Å². The summed E-state index contributed by atoms with van der Waals surface area (Å²) in [4.78, 5) is 0. The zero-order chi connectivity index (χ0) is 10.1. The van der Waals surface area contributed by atoms with E-state index in [4.69, 9.17) is 5.73 Å². The van der Waals surface area contributed by atoms with Crippen LogP contribution in [-0.4, -0.2) is 12.2 Å². The second-order valence-corrected chi connectivity index (χ2v) is 4.02. The van der Waals surface area contributed by atoms with Crippen molar-refractivity contribution < 1.29 is 13.2 Å². The van der Waals surface area contributed by atoms with Gasteiger partial charge in [0.2, 0.25) is 0 Å². The van der Waals surface area contributed by atoms with Gasteiger partial charge in [0.05, 0.1) is 5.92 Å². The summed E-state index contributed by atoms with van der Waals surface area (Å²) in [6.45, 7) is 1.80. The molecule has 3 atom stereocenters. The average molecular weight is 195 g/mol. The van der Waals surface area contributed by atoms with Crippen molar-refractivity contribution in [2.24, 2.45) is 17.6 Å². The summed E-state index contributed by atoms with van der Waals surface area (Å²) in [7, 11) is 0. The maximum atomic E-state index is 12.3. The summed E-state index contributed by atoms with van der Waals surface area (Å²) in [5, 5.41) is 0. The summed E-state index contributed by atoms with van der Waals surface area (Å²) < 4.78 is 37.0. The molecular formula is C9H16F3N. The Bertz CT molecular complexity index is 165. The Morgan fingerprint density at radius 3 is 2.38 bits per heavy atom. The molecule has 1 aliphatic carbocycles. The molecule has 0 saturated heterocycles. The van der Waals surface area contributed by atoms with Crippen molar-refractivity contribution in [3.8, 4) is 0 Å². The highest BCUT2D eigenvalue weighted by Gasteiger charge is 2.42. The minimum Gasteiger partial charge on any atom is -0.328 e. The van der Waals surface area contributed by atoms with Crippen LogP contribution in [0.2, 0.25) is 0 Å². The second-order valence-electron chi connectivity index (χ2n) is 4.02. The van der Waals surface area contributed by atoms with Crippen LogP contribution in [-0.2, 0) is 0 Å². The van der Waals surface area contributed by atoms with Gasteiger partial charge in [0.15, 0.2) is 0 Å². The van der Waals surface area contributed by atoms with Crippen molar-refractivity contribution >= 4 is 0 Å². The van der Waals surface area contributed by atoms with E-state index >= 15 is 0 Å². The summed E-state index contributed by atoms with van der Waals surface area (Å²) >= 11 is 0. The molecule has 0 aromatic heterocycles. The lowest BCUT2D eigenvalue weighted by molar-refractivity contribution is -0.186. The smallest absolute Gasteiger partial charge is 0.328 e. The van der Waals surface area contributed by atoms with E-state index in [2.05, 4.69) is 0 Å². The summed E-state index contributed by atoms with van der Waals surface area (Å²) in [5.41, 5.74) is 5.61. The Morgan fingerprint density at radius 2 is 1.92 bits per heavy atom. The standard InChI is InChI=1S/C9H16F3N/c1-6(13)7-3-2-4-8(5-7)9(10,11)12/h6-8H,2-5,13H2,1H3. The summed E-state index contributed by atoms with van der Waals surface area (Å²) in [6, 6.07) is -0.106. The van der Waals surface area contributed by atoms with Gasteiger partial charge in [0, 0.05) is 6.04 Å². The molecule has 4 heteroatoms. The van der Waals surface area contributed by atoms with E-state index in [9.17, 15) is 13.2 Å². The number of rotatable bonds is 1. The van der Waals surface area contributed by atoms with Crippen LogP contribution < -0.4 is 5.73 Å². The van der Waals surface area contributed by atoms with Gasteiger partial charge < -0.3 is 5.73 Å². The molecule has 0 aliphatic heterocycles. The first-order chi connectivity index (χ1) is 5.91. The van der Waals surface area contributed by atoms with Gasteiger partial charge in [-0.2, -0.15) is 13.2 Å². The first-order valence-corrected chi connectivity index (χ1v) is 4.73. The Labute approximate surface area is 76.5 Å². The molecule has 0 aromatic rings. The van der Waals surface area contributed by atoms with Crippen LogP contribution in [0.4, 0.5) is 13.2 Å². The van der Waals surface area contributed by atoms with Crippen molar-refractivity contribution in [3.63, 3.8) is 0 Å². The van der Waals surface area contributed by atoms with Crippen LogP contribution >= 0.6 is 0 Å². The molecule has 1 saturated carbocycles. The summed E-state index contributed by atoms with van der Waals surface area (Å²) in [6.07, 6.45) is -2.00. The lowest BCUT2D eigenvalue weighted by atomic mass is 9.78. The molecule has 1 aliphatic rings. The molecule has 0 radical (unpaired) electrons. The fraction of sp³-hybridized carbons (Fsp3) is 1.00. The van der Waals surface area contributed by atoms with Crippen molar-refractivity contribution in [2.75, 3.05) is 0 Å². The Hall–Kier alpha value is -0.250. The molecule has 3 unspecified atom stereocenters. The molecule has 0 bridgehead atoms. The first kappa shape index (κ1) is 10.8. The predicted octanol–water partition coefficient (Wildman–Crippen LogP) is 2.70. The van der Waals surface area contributed by atoms with Gasteiger partial charge in [-0.3, -0.25) is 0 Å². The van der Waals surface area contributed by atoms with Gasteiger partial charge >= 0.3 is 6.18 Å². The van der Waals surface area contributed by atoms with Gasteiger partial charge in [0.1, 0.15) is 0 Å². The van der Waals surface area contributed by atoms with Gasteiger partial charge in [-0.25, -0.2) is 0 Å². The van der Waals surface area contributed by atoms with Crippen molar-refractivity contribution in [1.82, 2.24) is 0 Å². The number of hydrogen-bond donors (Lipinski definition) is 1. The highest BCUT2D eigenvalue weighted by atomic mass is 19.4. The summed E-state index contributed by atoms with van der Waals surface area (Å²) in [5.74, 6) is -1.06. The van der Waals surface area contributed by atoms with Crippen molar-refractivity contribution in [2.45, 2.75) is 44.8 Å². The molecule has 13 heavy (non-hydrogen) atoms. The molecule has 1 rings (SSSR count). The van der Waals surface area contributed by atoms with E-state index < -0.39 is 12.1 Å². The van der Waals surface area contributed by atoms with Gasteiger partial charge in [-0.15, -0.1) is 0 Å². The third kappa shape index (κ3) is 2.86. The van der Waals surface area contributed by atoms with Crippen LogP contribution in [0.1, 0.15) is 32.6 Å². The average Bonchev–Trinajstić information content (AvgIpc) is 2.03. The largest absolute Gasteiger partial charge is 0.391 e. The molecule has 0 amide bonds. The predicted molar refractivity (Wildman–Crippen MR) is 45.2 cm³/mol. The molecular weight excluding hydrogens is 179 g/mol. The second kappa shape index (κ2) is 3.86. The number of halogens is 3. The molecule has 0 spiro atoms. The lowest BCUT2D eigenvalue weighted by Crippen LogP contribution is -2.35. The number of alkyl halides is 3. The van der Waals surface area contributed by atoms with Crippen LogP contribution in [0.5, 0.6) is 0 Å². The minimum absolute atomic E-state index is 0.0559. The van der Waals surface area contributed by atoms with Gasteiger partial charge in [0.25, 0.3) is 0 Å². The van der Waals surface area contributed by atoms with Gasteiger partial charge in [-0.05, 0) is 32.1 Å². The topological polar surface area (TPSA) is 26.0 Å². The molecule has 0 heterocycles. The van der Waals surface area contributed by atoms with Crippen molar-refractivity contribution in [1.29, 1.82) is 0 Å². The maximum Gasteiger partial charge on any atom is 0.391 e. The lowest BCUT2D eigenvalue weighted by Gasteiger charge is -2.32. The highest BCUT2D eigenvalue weighted by molar-refractivity contribution is 4.81. The Kier molecular flexibility index (Phi) is 3.22. The number of hydrogen-bond acceptors (Lipinski definition) is 1. The molecule has 78 valence electrons. The van der Waals surface area contributed by atoms with Crippen LogP contribution in [0, 0.1) is 11.8 Å². The molecule has 2 N–H and O–H groups in total.